The monoisotopic (exact) mass is 385 g/mol. The number of aryl methyl sites for hydroxylation is 1. The highest BCUT2D eigenvalue weighted by molar-refractivity contribution is 5.98. The summed E-state index contributed by atoms with van der Waals surface area (Å²) in [5, 5.41) is 5.85. The third-order valence-corrected chi connectivity index (χ3v) is 5.94. The Bertz CT molecular complexity index is 741. The van der Waals surface area contributed by atoms with Gasteiger partial charge >= 0.3 is 0 Å². The van der Waals surface area contributed by atoms with E-state index >= 15 is 0 Å². The smallest absolute Gasteiger partial charge is 0.228 e. The molecule has 28 heavy (non-hydrogen) atoms. The maximum absolute atomic E-state index is 13.1. The van der Waals surface area contributed by atoms with Gasteiger partial charge in [-0.25, -0.2) is 0 Å². The molecule has 6 heteroatoms. The van der Waals surface area contributed by atoms with Gasteiger partial charge in [0.25, 0.3) is 0 Å². The summed E-state index contributed by atoms with van der Waals surface area (Å²) in [6.07, 6.45) is 6.05. The Balaban J connectivity index is 1.72. The predicted molar refractivity (Wildman–Crippen MR) is 110 cm³/mol. The minimum Gasteiger partial charge on any atom is -0.342 e. The zero-order valence-corrected chi connectivity index (χ0v) is 16.9. The predicted octanol–water partition coefficient (Wildman–Crippen LogP) is 3.71. The highest BCUT2D eigenvalue weighted by Gasteiger charge is 2.38. The van der Waals surface area contributed by atoms with Crippen molar-refractivity contribution in [2.24, 2.45) is 11.8 Å². The number of carbonyl (C=O) groups excluding carboxylic acids is 3. The molecule has 2 fully saturated rings. The summed E-state index contributed by atoms with van der Waals surface area (Å²) in [4.78, 5) is 39.6. The van der Waals surface area contributed by atoms with Gasteiger partial charge in [-0.3, -0.25) is 14.4 Å². The summed E-state index contributed by atoms with van der Waals surface area (Å²) in [5.41, 5.74) is 2.29. The number of hydrogen-bond donors (Lipinski definition) is 2. The Labute approximate surface area is 167 Å². The van der Waals surface area contributed by atoms with Crippen molar-refractivity contribution in [3.63, 3.8) is 0 Å². The number of amides is 3. The normalized spacial score (nSPS) is 22.0. The van der Waals surface area contributed by atoms with Crippen LogP contribution in [0.4, 0.5) is 11.4 Å². The molecule has 1 heterocycles. The van der Waals surface area contributed by atoms with E-state index in [1.165, 1.54) is 0 Å². The van der Waals surface area contributed by atoms with Crippen molar-refractivity contribution in [1.82, 2.24) is 4.90 Å². The Hall–Kier alpha value is -2.37. The van der Waals surface area contributed by atoms with E-state index in [0.29, 0.717) is 17.8 Å². The lowest BCUT2D eigenvalue weighted by molar-refractivity contribution is -0.141. The fourth-order valence-corrected chi connectivity index (χ4v) is 4.22. The topological polar surface area (TPSA) is 78.5 Å². The molecule has 2 N–H and O–H groups in total. The van der Waals surface area contributed by atoms with Crippen LogP contribution in [0, 0.1) is 18.8 Å². The minimum atomic E-state index is -0.282. The van der Waals surface area contributed by atoms with Crippen molar-refractivity contribution in [2.45, 2.75) is 58.8 Å². The molecule has 152 valence electrons. The van der Waals surface area contributed by atoms with Gasteiger partial charge in [0.1, 0.15) is 0 Å². The van der Waals surface area contributed by atoms with Crippen LogP contribution in [0.15, 0.2) is 18.2 Å². The molecule has 1 aromatic carbocycles. The molecule has 1 saturated carbocycles. The number of anilines is 2. The van der Waals surface area contributed by atoms with Crippen molar-refractivity contribution in [3.05, 3.63) is 23.8 Å². The van der Waals surface area contributed by atoms with E-state index in [0.717, 1.165) is 57.2 Å². The molecule has 1 aliphatic heterocycles. The maximum atomic E-state index is 13.1. The molecule has 3 amide bonds. The SMILES string of the molecule is CCC(=O)Nc1ccc(C)c(NC(=O)[C@H]2CCCC[C@H]2C(=O)N2CCCC2)c1. The summed E-state index contributed by atoms with van der Waals surface area (Å²) in [5.74, 6) is -0.493. The number of nitrogens with zero attached hydrogens (tertiary/aromatic N) is 1. The molecule has 0 unspecified atom stereocenters. The van der Waals surface area contributed by atoms with Crippen LogP contribution in [0.5, 0.6) is 0 Å². The van der Waals surface area contributed by atoms with Crippen molar-refractivity contribution >= 4 is 29.1 Å². The van der Waals surface area contributed by atoms with Crippen LogP contribution in [0.2, 0.25) is 0 Å². The zero-order chi connectivity index (χ0) is 20.1. The molecule has 1 aromatic rings. The Kier molecular flexibility index (Phi) is 6.70. The first kappa shape index (κ1) is 20.4. The molecule has 3 rings (SSSR count). The molecular weight excluding hydrogens is 354 g/mol. The van der Waals surface area contributed by atoms with Crippen LogP contribution in [0.25, 0.3) is 0 Å². The van der Waals surface area contributed by atoms with Gasteiger partial charge in [0.2, 0.25) is 17.7 Å². The first-order chi connectivity index (χ1) is 13.5. The van der Waals surface area contributed by atoms with Gasteiger partial charge in [-0.1, -0.05) is 25.8 Å². The van der Waals surface area contributed by atoms with Crippen molar-refractivity contribution in [1.29, 1.82) is 0 Å². The molecule has 2 aliphatic rings. The molecule has 6 nitrogen and oxygen atoms in total. The van der Waals surface area contributed by atoms with Gasteiger partial charge in [0.15, 0.2) is 0 Å². The van der Waals surface area contributed by atoms with Gasteiger partial charge in [-0.15, -0.1) is 0 Å². The van der Waals surface area contributed by atoms with Gasteiger partial charge in [0, 0.05) is 42.7 Å². The zero-order valence-electron chi connectivity index (χ0n) is 16.9. The average molecular weight is 386 g/mol. The average Bonchev–Trinajstić information content (AvgIpc) is 3.24. The van der Waals surface area contributed by atoms with E-state index < -0.39 is 0 Å². The molecule has 0 bridgehead atoms. The number of benzene rings is 1. The van der Waals surface area contributed by atoms with E-state index in [9.17, 15) is 14.4 Å². The number of carbonyl (C=O) groups is 3. The second-order valence-corrected chi connectivity index (χ2v) is 7.95. The third-order valence-electron chi connectivity index (χ3n) is 5.94. The molecule has 1 saturated heterocycles. The van der Waals surface area contributed by atoms with E-state index in [1.54, 1.807) is 13.0 Å². The summed E-state index contributed by atoms with van der Waals surface area (Å²) < 4.78 is 0. The highest BCUT2D eigenvalue weighted by atomic mass is 16.2. The molecule has 1 aliphatic carbocycles. The number of nitrogens with one attached hydrogen (secondary N) is 2. The lowest BCUT2D eigenvalue weighted by Gasteiger charge is -2.32. The number of likely N-dealkylation sites (tertiary alicyclic amines) is 1. The Morgan fingerprint density at radius 1 is 1.00 bits per heavy atom. The summed E-state index contributed by atoms with van der Waals surface area (Å²) in [7, 11) is 0. The van der Waals surface area contributed by atoms with Crippen molar-refractivity contribution in [2.75, 3.05) is 23.7 Å². The summed E-state index contributed by atoms with van der Waals surface area (Å²) in [6, 6.07) is 5.51. The lowest BCUT2D eigenvalue weighted by atomic mass is 9.77. The fraction of sp³-hybridized carbons (Fsp3) is 0.591. The second-order valence-electron chi connectivity index (χ2n) is 7.95. The number of hydrogen-bond acceptors (Lipinski definition) is 3. The minimum absolute atomic E-state index is 0.0651. The first-order valence-corrected chi connectivity index (χ1v) is 10.5. The van der Waals surface area contributed by atoms with Gasteiger partial charge < -0.3 is 15.5 Å². The Morgan fingerprint density at radius 2 is 1.68 bits per heavy atom. The van der Waals surface area contributed by atoms with E-state index in [2.05, 4.69) is 10.6 Å². The van der Waals surface area contributed by atoms with Crippen LogP contribution in [-0.4, -0.2) is 35.7 Å². The fourth-order valence-electron chi connectivity index (χ4n) is 4.22. The van der Waals surface area contributed by atoms with Gasteiger partial charge in [-0.05, 0) is 50.3 Å². The van der Waals surface area contributed by atoms with E-state index in [-0.39, 0.29) is 29.6 Å². The summed E-state index contributed by atoms with van der Waals surface area (Å²) in [6.45, 7) is 5.37. The van der Waals surface area contributed by atoms with Gasteiger partial charge in [0.05, 0.1) is 0 Å². The standard InChI is InChI=1S/C22H31N3O3/c1-3-20(26)23-16-11-10-15(2)19(14-16)24-21(27)17-8-4-5-9-18(17)22(28)25-12-6-7-13-25/h10-11,14,17-18H,3-9,12-13H2,1-2H3,(H,23,26)(H,24,27)/t17-,18+/m0/s1. The second kappa shape index (κ2) is 9.22. The molecule has 2 atom stereocenters. The van der Waals surface area contributed by atoms with Gasteiger partial charge in [-0.2, -0.15) is 0 Å². The molecule has 0 radical (unpaired) electrons. The molecular formula is C22H31N3O3. The molecule has 0 spiro atoms. The van der Waals surface area contributed by atoms with E-state index in [1.807, 2.05) is 24.0 Å². The van der Waals surface area contributed by atoms with Crippen molar-refractivity contribution < 1.29 is 14.4 Å². The van der Waals surface area contributed by atoms with Crippen LogP contribution in [-0.2, 0) is 14.4 Å². The quantitative estimate of drug-likeness (QED) is 0.811. The van der Waals surface area contributed by atoms with E-state index in [4.69, 9.17) is 0 Å². The van der Waals surface area contributed by atoms with Crippen LogP contribution in [0.3, 0.4) is 0 Å². The summed E-state index contributed by atoms with van der Waals surface area (Å²) >= 11 is 0. The lowest BCUT2D eigenvalue weighted by Crippen LogP contribution is -2.42. The van der Waals surface area contributed by atoms with Crippen LogP contribution in [0.1, 0.15) is 57.4 Å². The first-order valence-electron chi connectivity index (χ1n) is 10.5. The molecule has 0 aromatic heterocycles. The van der Waals surface area contributed by atoms with Crippen LogP contribution >= 0.6 is 0 Å². The number of rotatable bonds is 5. The van der Waals surface area contributed by atoms with Crippen molar-refractivity contribution in [3.8, 4) is 0 Å². The van der Waals surface area contributed by atoms with Crippen LogP contribution < -0.4 is 10.6 Å². The largest absolute Gasteiger partial charge is 0.342 e. The maximum Gasteiger partial charge on any atom is 0.228 e. The third kappa shape index (κ3) is 4.72. The highest BCUT2D eigenvalue weighted by Crippen LogP contribution is 2.34. The Morgan fingerprint density at radius 3 is 2.36 bits per heavy atom.